The standard InChI is InChI=1S/C12H9F3N6/c13-12(14,15)9-7-2-1-3-8(7)19-11(20-9)21-10(17)6(4-16)5-18-21/h5H,1-3,17H2. The molecule has 0 atom stereocenters. The van der Waals surface area contributed by atoms with Crippen LogP contribution in [0.5, 0.6) is 0 Å². The molecular weight excluding hydrogens is 285 g/mol. The summed E-state index contributed by atoms with van der Waals surface area (Å²) in [6.45, 7) is 0. The van der Waals surface area contributed by atoms with E-state index in [-0.39, 0.29) is 22.9 Å². The number of hydrogen-bond acceptors (Lipinski definition) is 5. The maximum absolute atomic E-state index is 13.1. The Morgan fingerprint density at radius 1 is 1.29 bits per heavy atom. The Morgan fingerprint density at radius 2 is 2.05 bits per heavy atom. The topological polar surface area (TPSA) is 93.4 Å². The molecule has 0 aliphatic heterocycles. The fraction of sp³-hybridized carbons (Fsp3) is 0.333. The van der Waals surface area contributed by atoms with E-state index in [0.717, 1.165) is 4.68 Å². The number of aryl methyl sites for hydroxylation is 1. The molecule has 0 bridgehead atoms. The van der Waals surface area contributed by atoms with Gasteiger partial charge in [0.15, 0.2) is 5.69 Å². The Hall–Kier alpha value is -2.63. The number of rotatable bonds is 1. The summed E-state index contributed by atoms with van der Waals surface area (Å²) in [5, 5.41) is 12.6. The van der Waals surface area contributed by atoms with Gasteiger partial charge in [0.2, 0.25) is 0 Å². The Morgan fingerprint density at radius 3 is 2.67 bits per heavy atom. The van der Waals surface area contributed by atoms with Gasteiger partial charge in [-0.05, 0) is 19.3 Å². The Bertz CT molecular complexity index is 756. The molecule has 2 N–H and O–H groups in total. The first-order valence-electron chi connectivity index (χ1n) is 6.12. The van der Waals surface area contributed by atoms with Gasteiger partial charge in [0.05, 0.1) is 6.20 Å². The van der Waals surface area contributed by atoms with Crippen molar-refractivity contribution in [2.75, 3.05) is 5.73 Å². The molecule has 2 aromatic heterocycles. The third-order valence-corrected chi connectivity index (χ3v) is 3.31. The minimum absolute atomic E-state index is 0.0626. The minimum Gasteiger partial charge on any atom is -0.382 e. The predicted octanol–water partition coefficient (Wildman–Crippen LogP) is 1.62. The van der Waals surface area contributed by atoms with Gasteiger partial charge in [-0.3, -0.25) is 0 Å². The fourth-order valence-corrected chi connectivity index (χ4v) is 2.35. The van der Waals surface area contributed by atoms with Gasteiger partial charge in [-0.25, -0.2) is 9.97 Å². The summed E-state index contributed by atoms with van der Waals surface area (Å²) in [4.78, 5) is 7.68. The molecule has 0 saturated heterocycles. The summed E-state index contributed by atoms with van der Waals surface area (Å²) in [6, 6.07) is 1.80. The minimum atomic E-state index is -4.56. The molecule has 0 radical (unpaired) electrons. The van der Waals surface area contributed by atoms with Crippen LogP contribution in [-0.4, -0.2) is 19.7 Å². The lowest BCUT2D eigenvalue weighted by Gasteiger charge is -2.12. The first-order chi connectivity index (χ1) is 9.91. The normalized spacial score (nSPS) is 14.0. The number of alkyl halides is 3. The first kappa shape index (κ1) is 13.4. The molecule has 2 heterocycles. The summed E-state index contributed by atoms with van der Waals surface area (Å²) in [6.07, 6.45) is -2.03. The Labute approximate surface area is 117 Å². The second-order valence-corrected chi connectivity index (χ2v) is 4.62. The number of halogens is 3. The second-order valence-electron chi connectivity index (χ2n) is 4.62. The van der Waals surface area contributed by atoms with Crippen LogP contribution < -0.4 is 5.73 Å². The number of nitrogens with zero attached hydrogens (tertiary/aromatic N) is 5. The van der Waals surface area contributed by atoms with Crippen LogP contribution in [-0.2, 0) is 19.0 Å². The van der Waals surface area contributed by atoms with Crippen LogP contribution >= 0.6 is 0 Å². The van der Waals surface area contributed by atoms with Crippen molar-refractivity contribution in [3.05, 3.63) is 28.7 Å². The molecule has 6 nitrogen and oxygen atoms in total. The van der Waals surface area contributed by atoms with E-state index in [1.54, 1.807) is 6.07 Å². The zero-order valence-electron chi connectivity index (χ0n) is 10.6. The molecule has 1 aliphatic rings. The highest BCUT2D eigenvalue weighted by Crippen LogP contribution is 2.35. The highest BCUT2D eigenvalue weighted by molar-refractivity contribution is 5.50. The van der Waals surface area contributed by atoms with Crippen molar-refractivity contribution < 1.29 is 13.2 Å². The van der Waals surface area contributed by atoms with Gasteiger partial charge < -0.3 is 5.73 Å². The van der Waals surface area contributed by atoms with Crippen LogP contribution in [0.2, 0.25) is 0 Å². The van der Waals surface area contributed by atoms with Crippen molar-refractivity contribution in [2.45, 2.75) is 25.4 Å². The molecule has 0 fully saturated rings. The van der Waals surface area contributed by atoms with Crippen molar-refractivity contribution in [2.24, 2.45) is 0 Å². The predicted molar refractivity (Wildman–Crippen MR) is 65.3 cm³/mol. The van der Waals surface area contributed by atoms with E-state index >= 15 is 0 Å². The van der Waals surface area contributed by atoms with E-state index in [1.807, 2.05) is 0 Å². The van der Waals surface area contributed by atoms with Crippen LogP contribution in [0.4, 0.5) is 19.0 Å². The maximum atomic E-state index is 13.1. The number of nitriles is 1. The third kappa shape index (κ3) is 2.08. The zero-order chi connectivity index (χ0) is 15.2. The highest BCUT2D eigenvalue weighted by Gasteiger charge is 2.38. The molecular formula is C12H9F3N6. The average Bonchev–Trinajstić information content (AvgIpc) is 3.02. The lowest BCUT2D eigenvalue weighted by Crippen LogP contribution is -2.17. The van der Waals surface area contributed by atoms with E-state index in [0.29, 0.717) is 25.0 Å². The average molecular weight is 294 g/mol. The fourth-order valence-electron chi connectivity index (χ4n) is 2.35. The highest BCUT2D eigenvalue weighted by atomic mass is 19.4. The quantitative estimate of drug-likeness (QED) is 0.862. The van der Waals surface area contributed by atoms with E-state index in [1.165, 1.54) is 6.20 Å². The summed E-state index contributed by atoms with van der Waals surface area (Å²) in [5.74, 6) is -0.342. The number of nitrogens with two attached hydrogens (primary N) is 1. The zero-order valence-corrected chi connectivity index (χ0v) is 10.6. The van der Waals surface area contributed by atoms with E-state index in [9.17, 15) is 13.2 Å². The molecule has 9 heteroatoms. The van der Waals surface area contributed by atoms with Crippen LogP contribution in [0.3, 0.4) is 0 Å². The molecule has 108 valence electrons. The van der Waals surface area contributed by atoms with Crippen molar-refractivity contribution in [1.29, 1.82) is 5.26 Å². The molecule has 0 spiro atoms. The molecule has 0 saturated carbocycles. The molecule has 0 unspecified atom stereocenters. The van der Waals surface area contributed by atoms with Gasteiger partial charge in [-0.15, -0.1) is 0 Å². The van der Waals surface area contributed by atoms with Crippen molar-refractivity contribution in [3.8, 4) is 12.0 Å². The van der Waals surface area contributed by atoms with E-state index < -0.39 is 11.9 Å². The number of aromatic nitrogens is 4. The maximum Gasteiger partial charge on any atom is 0.433 e. The van der Waals surface area contributed by atoms with Crippen LogP contribution in [0.15, 0.2) is 6.20 Å². The summed E-state index contributed by atoms with van der Waals surface area (Å²) >= 11 is 0. The molecule has 2 aromatic rings. The van der Waals surface area contributed by atoms with Gasteiger partial charge in [-0.1, -0.05) is 0 Å². The summed E-state index contributed by atoms with van der Waals surface area (Å²) < 4.78 is 40.3. The largest absolute Gasteiger partial charge is 0.433 e. The number of hydrogen-bond donors (Lipinski definition) is 1. The summed E-state index contributed by atoms with van der Waals surface area (Å²) in [5.41, 5.74) is 5.28. The second kappa shape index (κ2) is 4.44. The van der Waals surface area contributed by atoms with Crippen LogP contribution in [0.1, 0.15) is 28.9 Å². The first-order valence-corrected chi connectivity index (χ1v) is 6.12. The number of nitrogen functional groups attached to an aromatic ring is 1. The monoisotopic (exact) mass is 294 g/mol. The smallest absolute Gasteiger partial charge is 0.382 e. The SMILES string of the molecule is N#Cc1cnn(-c2nc3c(c(C(F)(F)F)n2)CCC3)c1N. The lowest BCUT2D eigenvalue weighted by atomic mass is 10.2. The molecule has 0 aromatic carbocycles. The molecule has 0 amide bonds. The molecule has 1 aliphatic carbocycles. The third-order valence-electron chi connectivity index (χ3n) is 3.31. The van der Waals surface area contributed by atoms with E-state index in [4.69, 9.17) is 11.0 Å². The van der Waals surface area contributed by atoms with E-state index in [2.05, 4.69) is 15.1 Å². The number of fused-ring (bicyclic) bond motifs is 1. The van der Waals surface area contributed by atoms with Crippen molar-refractivity contribution >= 4 is 5.82 Å². The van der Waals surface area contributed by atoms with Gasteiger partial charge >= 0.3 is 6.18 Å². The Balaban J connectivity index is 2.21. The lowest BCUT2D eigenvalue weighted by molar-refractivity contribution is -0.141. The van der Waals surface area contributed by atoms with Gasteiger partial charge in [-0.2, -0.15) is 28.2 Å². The number of anilines is 1. The Kier molecular flexibility index (Phi) is 2.83. The summed E-state index contributed by atoms with van der Waals surface area (Å²) in [7, 11) is 0. The van der Waals surface area contributed by atoms with Crippen molar-refractivity contribution in [3.63, 3.8) is 0 Å². The van der Waals surface area contributed by atoms with Gasteiger partial charge in [0.1, 0.15) is 17.5 Å². The van der Waals surface area contributed by atoms with Gasteiger partial charge in [0, 0.05) is 11.3 Å². The van der Waals surface area contributed by atoms with Gasteiger partial charge in [0.25, 0.3) is 5.95 Å². The van der Waals surface area contributed by atoms with Crippen LogP contribution in [0, 0.1) is 11.3 Å². The molecule has 21 heavy (non-hydrogen) atoms. The molecule has 3 rings (SSSR count). The van der Waals surface area contributed by atoms with Crippen LogP contribution in [0.25, 0.3) is 5.95 Å². The van der Waals surface area contributed by atoms with Crippen molar-refractivity contribution in [1.82, 2.24) is 19.7 Å².